The Morgan fingerprint density at radius 2 is 1.70 bits per heavy atom. The molecule has 0 saturated carbocycles. The number of imidazole rings is 1. The summed E-state index contributed by atoms with van der Waals surface area (Å²) in [5.74, 6) is 1.44. The lowest BCUT2D eigenvalue weighted by Crippen LogP contribution is -2.13. The van der Waals surface area contributed by atoms with Gasteiger partial charge in [0, 0.05) is 35.0 Å². The van der Waals surface area contributed by atoms with Gasteiger partial charge in [-0.05, 0) is 33.9 Å². The normalized spacial score (nSPS) is 11.2. The number of nitrogens with zero attached hydrogens (tertiary/aromatic N) is 5. The summed E-state index contributed by atoms with van der Waals surface area (Å²) < 4.78 is 2.98. The second kappa shape index (κ2) is 13.2. The molecule has 216 valence electrons. The summed E-state index contributed by atoms with van der Waals surface area (Å²) in [6.07, 6.45) is 2.99. The van der Waals surface area contributed by atoms with E-state index in [4.69, 9.17) is 28.8 Å². The van der Waals surface area contributed by atoms with Gasteiger partial charge in [-0.2, -0.15) is 5.21 Å². The van der Waals surface area contributed by atoms with Crippen molar-refractivity contribution in [3.8, 4) is 33.6 Å². The van der Waals surface area contributed by atoms with E-state index in [2.05, 4.69) is 61.8 Å². The van der Waals surface area contributed by atoms with E-state index in [-0.39, 0.29) is 12.2 Å². The fourth-order valence-corrected chi connectivity index (χ4v) is 7.71. The third-order valence-corrected chi connectivity index (χ3v) is 10.3. The molecule has 0 bridgehead atoms. The molecule has 0 saturated heterocycles. The van der Waals surface area contributed by atoms with Crippen LogP contribution >= 0.6 is 44.5 Å². The van der Waals surface area contributed by atoms with Crippen LogP contribution in [0.1, 0.15) is 47.2 Å². The van der Waals surface area contributed by atoms with Crippen molar-refractivity contribution < 1.29 is 4.79 Å². The van der Waals surface area contributed by atoms with Crippen molar-refractivity contribution in [2.24, 2.45) is 0 Å². The molecule has 0 radical (unpaired) electrons. The first-order chi connectivity index (χ1) is 21.0. The fraction of sp³-hybridized carbons (Fsp3) is 0.188. The van der Waals surface area contributed by atoms with Crippen molar-refractivity contribution in [3.63, 3.8) is 0 Å². The lowest BCUT2D eigenvalue weighted by Gasteiger charge is -2.13. The number of carbonyl (C=O) groups is 1. The summed E-state index contributed by atoms with van der Waals surface area (Å²) in [5.41, 5.74) is 7.49. The zero-order valence-electron chi connectivity index (χ0n) is 23.3. The molecule has 1 N–H and O–H groups in total. The molecule has 6 rings (SSSR count). The van der Waals surface area contributed by atoms with Gasteiger partial charge in [-0.1, -0.05) is 131 Å². The number of nitrogens with one attached hydrogen (secondary N) is 1. The summed E-state index contributed by atoms with van der Waals surface area (Å²) >= 11 is 12.1. The summed E-state index contributed by atoms with van der Waals surface area (Å²) in [4.78, 5) is 18.2. The molecule has 11 heteroatoms. The van der Waals surface area contributed by atoms with Crippen LogP contribution in [-0.2, 0) is 19.4 Å². The molecule has 6 aromatic rings. The van der Waals surface area contributed by atoms with E-state index in [0.29, 0.717) is 23.1 Å². The van der Waals surface area contributed by atoms with E-state index in [0.717, 1.165) is 68.0 Å². The maximum absolute atomic E-state index is 13.5. The smallest absolute Gasteiger partial charge is 0.205 e. The molecule has 0 fully saturated rings. The first-order valence-corrected chi connectivity index (χ1v) is 16.9. The number of rotatable bonds is 11. The number of carbonyl (C=O) groups excluding carboxylic acids is 1. The molecule has 43 heavy (non-hydrogen) atoms. The zero-order valence-corrected chi connectivity index (χ0v) is 26.5. The molecule has 0 unspecified atom stereocenters. The summed E-state index contributed by atoms with van der Waals surface area (Å²) in [7, 11) is 3.20. The van der Waals surface area contributed by atoms with Gasteiger partial charge in [0.2, 0.25) is 5.82 Å². The molecule has 3 aromatic heterocycles. The van der Waals surface area contributed by atoms with Gasteiger partial charge < -0.3 is 4.57 Å². The van der Waals surface area contributed by atoms with Crippen LogP contribution in [0.4, 0.5) is 0 Å². The van der Waals surface area contributed by atoms with Crippen molar-refractivity contribution in [1.82, 2.24) is 30.2 Å². The minimum absolute atomic E-state index is 0.00297. The predicted octanol–water partition coefficient (Wildman–Crippen LogP) is 8.72. The number of aromatic amines is 1. The number of hydrogen-bond donors (Lipinski definition) is 1. The second-order valence-corrected chi connectivity index (χ2v) is 13.2. The quantitative estimate of drug-likeness (QED) is 0.0864. The number of ketones is 1. The molecular formula is C32H27ClN6OS3. The largest absolute Gasteiger partial charge is 0.326 e. The number of aryl methyl sites for hydroxylation is 1. The maximum atomic E-state index is 13.5. The highest BCUT2D eigenvalue weighted by molar-refractivity contribution is 7.79. The van der Waals surface area contributed by atoms with Crippen LogP contribution in [0.2, 0.25) is 5.15 Å². The SMILES string of the molecule is CCCCc1nc(Cl)c(CC(=O)c2ccc(-c3cssc3=S)cc2)n1Cc1ccc(-c2ccccc2-c2nn[nH]n2)cc1. The standard InChI is InChI=1S/C32H27ClN6OS3/c1-2-3-8-29-34-30(33)27(17-28(40)23-15-13-22(14-16-23)26-19-42-43-32(26)41)39(29)18-20-9-11-21(12-10-20)24-6-4-5-7-25(24)31-35-37-38-36-31/h4-7,9-16,19H,2-3,8,17-18H2,1H3,(H,35,36,37,38). The van der Waals surface area contributed by atoms with E-state index in [1.165, 1.54) is 0 Å². The number of tetrazole rings is 1. The number of unbranched alkanes of at least 4 members (excludes halogenated alkanes) is 1. The number of Topliss-reactive ketones (excluding diaryl/α,β-unsaturated/α-hetero) is 1. The van der Waals surface area contributed by atoms with Crippen molar-refractivity contribution in [2.75, 3.05) is 0 Å². The highest BCUT2D eigenvalue weighted by atomic mass is 35.5. The number of H-pyrrole nitrogens is 1. The van der Waals surface area contributed by atoms with Gasteiger partial charge in [0.25, 0.3) is 0 Å². The molecule has 0 aliphatic carbocycles. The van der Waals surface area contributed by atoms with Crippen molar-refractivity contribution >= 4 is 50.3 Å². The Bertz CT molecular complexity index is 1910. The van der Waals surface area contributed by atoms with E-state index in [1.807, 2.05) is 48.5 Å². The van der Waals surface area contributed by atoms with Gasteiger partial charge in [0.1, 0.15) is 9.65 Å². The van der Waals surface area contributed by atoms with Gasteiger partial charge in [-0.3, -0.25) is 4.79 Å². The summed E-state index contributed by atoms with van der Waals surface area (Å²) in [5, 5.41) is 17.0. The van der Waals surface area contributed by atoms with Crippen LogP contribution in [0.5, 0.6) is 0 Å². The molecule has 3 aromatic carbocycles. The van der Waals surface area contributed by atoms with Crippen molar-refractivity contribution in [3.05, 3.63) is 110 Å². The van der Waals surface area contributed by atoms with Crippen LogP contribution in [0.15, 0.2) is 78.2 Å². The van der Waals surface area contributed by atoms with Crippen LogP contribution in [0.3, 0.4) is 0 Å². The minimum Gasteiger partial charge on any atom is -0.326 e. The predicted molar refractivity (Wildman–Crippen MR) is 177 cm³/mol. The second-order valence-electron chi connectivity index (χ2n) is 10.1. The number of hydrogen-bond acceptors (Lipinski definition) is 8. The number of aromatic nitrogens is 6. The molecular weight excluding hydrogens is 616 g/mol. The fourth-order valence-electron chi connectivity index (χ4n) is 5.05. The minimum atomic E-state index is -0.00297. The molecule has 3 heterocycles. The van der Waals surface area contributed by atoms with Gasteiger partial charge >= 0.3 is 0 Å². The lowest BCUT2D eigenvalue weighted by molar-refractivity contribution is 0.0991. The molecule has 0 atom stereocenters. The van der Waals surface area contributed by atoms with Gasteiger partial charge in [0.05, 0.1) is 12.1 Å². The Labute approximate surface area is 266 Å². The van der Waals surface area contributed by atoms with Gasteiger partial charge in [-0.15, -0.1) is 10.2 Å². The lowest BCUT2D eigenvalue weighted by atomic mass is 9.98. The molecule has 0 spiro atoms. The number of halogens is 1. The molecule has 0 aliphatic heterocycles. The third-order valence-electron chi connectivity index (χ3n) is 7.33. The topological polar surface area (TPSA) is 89.4 Å². The Balaban J connectivity index is 1.26. The number of benzene rings is 3. The Kier molecular flexibility index (Phi) is 8.99. The highest BCUT2D eigenvalue weighted by Gasteiger charge is 2.20. The van der Waals surface area contributed by atoms with Crippen molar-refractivity contribution in [1.29, 1.82) is 0 Å². The van der Waals surface area contributed by atoms with Gasteiger partial charge in [-0.25, -0.2) is 4.98 Å². The van der Waals surface area contributed by atoms with Crippen LogP contribution in [-0.4, -0.2) is 36.0 Å². The highest BCUT2D eigenvalue weighted by Crippen LogP contribution is 2.31. The molecule has 0 amide bonds. The average Bonchev–Trinajstić information content (AvgIpc) is 3.79. The first kappa shape index (κ1) is 29.3. The van der Waals surface area contributed by atoms with Crippen LogP contribution in [0.25, 0.3) is 33.6 Å². The molecule has 0 aliphatic rings. The monoisotopic (exact) mass is 642 g/mol. The van der Waals surface area contributed by atoms with E-state index in [9.17, 15) is 4.79 Å². The van der Waals surface area contributed by atoms with E-state index < -0.39 is 0 Å². The first-order valence-electron chi connectivity index (χ1n) is 13.9. The zero-order chi connectivity index (χ0) is 29.8. The van der Waals surface area contributed by atoms with E-state index in [1.54, 1.807) is 20.7 Å². The Hall–Kier alpha value is -3.83. The van der Waals surface area contributed by atoms with Crippen molar-refractivity contribution in [2.45, 2.75) is 39.2 Å². The molecule has 7 nitrogen and oxygen atoms in total. The average molecular weight is 643 g/mol. The van der Waals surface area contributed by atoms with Gasteiger partial charge in [0.15, 0.2) is 10.9 Å². The Morgan fingerprint density at radius 1 is 0.977 bits per heavy atom. The van der Waals surface area contributed by atoms with Crippen LogP contribution < -0.4 is 0 Å². The van der Waals surface area contributed by atoms with Crippen LogP contribution in [0, 0.1) is 3.82 Å². The maximum Gasteiger partial charge on any atom is 0.205 e. The summed E-state index contributed by atoms with van der Waals surface area (Å²) in [6.45, 7) is 2.72. The Morgan fingerprint density at radius 3 is 2.37 bits per heavy atom. The summed E-state index contributed by atoms with van der Waals surface area (Å²) in [6, 6.07) is 24.0. The van der Waals surface area contributed by atoms with E-state index >= 15 is 0 Å². The third kappa shape index (κ3) is 6.42.